The molecule has 8 heavy (non-hydrogen) atoms. The molecule has 24 valence electrons. The molecule has 0 saturated carbocycles. The van der Waals surface area contributed by atoms with E-state index in [9.17, 15) is 0 Å². The molecule has 0 heterocycles. The summed E-state index contributed by atoms with van der Waals surface area (Å²) in [5, 5.41) is 25.2. The fourth-order valence-corrected chi connectivity index (χ4v) is 0. The summed E-state index contributed by atoms with van der Waals surface area (Å²) in [6.45, 7) is 0. The first-order valence-corrected chi connectivity index (χ1v) is 0.707. The molecule has 3 nitrogen and oxygen atoms in total. The zero-order chi connectivity index (χ0) is 3.58. The van der Waals surface area contributed by atoms with Crippen LogP contribution in [0.2, 0.25) is 0 Å². The van der Waals surface area contributed by atoms with Gasteiger partial charge in [-0.05, 0) is 0 Å². The van der Waals surface area contributed by atoms with E-state index in [0.29, 0.717) is 0 Å². The van der Waals surface area contributed by atoms with Gasteiger partial charge in [0, 0.05) is 0 Å². The molecule has 0 aromatic carbocycles. The van der Waals surface area contributed by atoms with Gasteiger partial charge in [0.05, 0.1) is 0 Å². The molecule has 0 bridgehead atoms. The van der Waals surface area contributed by atoms with Crippen molar-refractivity contribution in [1.29, 1.82) is 0 Å². The van der Waals surface area contributed by atoms with Gasteiger partial charge in [-0.25, -0.2) is 0 Å². The summed E-state index contributed by atoms with van der Waals surface area (Å²) in [6.07, 6.45) is 0. The maximum atomic E-state index is 8.42. The molecule has 0 amide bonds. The molecule has 0 radical (unpaired) electrons. The maximum Gasteiger partial charge on any atom is 4.00 e. The Morgan fingerprint density at radius 2 is 1.00 bits per heavy atom. The Labute approximate surface area is 110 Å². The van der Waals surface area contributed by atoms with Crippen LogP contribution in [0.5, 0.6) is 0 Å². The van der Waals surface area contributed by atoms with E-state index in [1.165, 1.54) is 0 Å². The summed E-state index contributed by atoms with van der Waals surface area (Å²) < 4.78 is 0. The van der Waals surface area contributed by atoms with E-state index in [1.54, 1.807) is 0 Å². The minimum atomic E-state index is -2.92. The van der Waals surface area contributed by atoms with Crippen LogP contribution in [0.25, 0.3) is 0 Å². The SMILES string of the molecule is [Al+3].[Ca+2].[Mg+2].[O-]B([O-])[O-].[Si+4]. The summed E-state index contributed by atoms with van der Waals surface area (Å²) >= 11 is 0. The van der Waals surface area contributed by atoms with Gasteiger partial charge in [0.15, 0.2) is 0 Å². The van der Waals surface area contributed by atoms with Crippen molar-refractivity contribution in [1.82, 2.24) is 0 Å². The fraction of sp³-hybridized carbons (Fsp3) is 0. The number of hydrogen-bond donors (Lipinski definition) is 0. The Hall–Kier alpha value is 2.72. The van der Waals surface area contributed by atoms with Crippen LogP contribution in [-0.2, 0) is 0 Å². The minimum absolute atomic E-state index is 0. The molecule has 0 aromatic rings. The fourth-order valence-electron chi connectivity index (χ4n) is 0. The van der Waals surface area contributed by atoms with Crippen LogP contribution >= 0.6 is 0 Å². The Morgan fingerprint density at radius 3 is 1.00 bits per heavy atom. The van der Waals surface area contributed by atoms with E-state index in [1.807, 2.05) is 0 Å². The predicted octanol–water partition coefficient (Wildman–Crippen LogP) is -5.47. The summed E-state index contributed by atoms with van der Waals surface area (Å²) in [5.41, 5.74) is 0. The zero-order valence-electron chi connectivity index (χ0n) is 4.29. The van der Waals surface area contributed by atoms with Crippen LogP contribution in [-0.4, -0.2) is 96.4 Å². The van der Waals surface area contributed by atoms with E-state index in [4.69, 9.17) is 15.1 Å². The number of rotatable bonds is 0. The predicted molar refractivity (Wildman–Crippen MR) is 28.8 cm³/mol. The average Bonchev–Trinajstić information content (AvgIpc) is 0.811. The van der Waals surface area contributed by atoms with Crippen molar-refractivity contribution >= 4 is 96.4 Å². The van der Waals surface area contributed by atoms with E-state index < -0.39 is 7.32 Å². The monoisotopic (exact) mass is 178 g/mol. The maximum absolute atomic E-state index is 8.42. The van der Waals surface area contributed by atoms with Gasteiger partial charge < -0.3 is 15.1 Å². The van der Waals surface area contributed by atoms with Crippen molar-refractivity contribution in [3.8, 4) is 0 Å². The van der Waals surface area contributed by atoms with Crippen LogP contribution in [0.15, 0.2) is 0 Å². The van der Waals surface area contributed by atoms with Crippen LogP contribution < -0.4 is 15.1 Å². The van der Waals surface area contributed by atoms with Crippen molar-refractivity contribution in [2.45, 2.75) is 0 Å². The van der Waals surface area contributed by atoms with E-state index >= 15 is 0 Å². The second-order valence-electron chi connectivity index (χ2n) is 0.289. The molecule has 0 atom stereocenters. The van der Waals surface area contributed by atoms with Crippen molar-refractivity contribution in [2.75, 3.05) is 0 Å². The molecule has 0 aliphatic carbocycles. The van der Waals surface area contributed by atoms with Crippen molar-refractivity contribution in [3.63, 3.8) is 0 Å². The summed E-state index contributed by atoms with van der Waals surface area (Å²) in [5.74, 6) is 0. The first kappa shape index (κ1) is 31.0. The quantitative estimate of drug-likeness (QED) is 0.348. The standard InChI is InChI=1S/Al.BO3.Ca.Mg.Si/c;2-1(3)4;;;/q+3;-3;2*+2;+4. The molecule has 0 fully saturated rings. The van der Waals surface area contributed by atoms with Crippen LogP contribution in [0.4, 0.5) is 0 Å². The van der Waals surface area contributed by atoms with Gasteiger partial charge in [-0.1, -0.05) is 0 Å². The molecule has 0 aliphatic heterocycles. The molecule has 8 heteroatoms. The molecular weight excluding hydrogens is 178 g/mol. The van der Waals surface area contributed by atoms with Gasteiger partial charge in [0.2, 0.25) is 0 Å². The zero-order valence-corrected chi connectivity index (χ0v) is 10.1. The van der Waals surface area contributed by atoms with Gasteiger partial charge in [-0.2, -0.15) is 0 Å². The first-order valence-electron chi connectivity index (χ1n) is 0.707. The molecule has 0 rings (SSSR count). The molecule has 0 unspecified atom stereocenters. The van der Waals surface area contributed by atoms with Crippen LogP contribution in [0, 0.1) is 0 Å². The Morgan fingerprint density at radius 1 is 1.00 bits per heavy atom. The van der Waals surface area contributed by atoms with Gasteiger partial charge in [0.1, 0.15) is 0 Å². The van der Waals surface area contributed by atoms with Crippen LogP contribution in [0.1, 0.15) is 0 Å². The molecule has 0 aromatic heterocycles. The van der Waals surface area contributed by atoms with Gasteiger partial charge >= 0.3 is 89.1 Å². The Balaban J connectivity index is -0.00000000750. The molecule has 0 saturated heterocycles. The van der Waals surface area contributed by atoms with E-state index in [2.05, 4.69) is 0 Å². The summed E-state index contributed by atoms with van der Waals surface area (Å²) in [7, 11) is -2.92. The van der Waals surface area contributed by atoms with E-state index in [-0.39, 0.29) is 89.1 Å². The van der Waals surface area contributed by atoms with Crippen LogP contribution in [0.3, 0.4) is 0 Å². The number of hydrogen-bond acceptors (Lipinski definition) is 3. The second-order valence-corrected chi connectivity index (χ2v) is 0.289. The molecular formula is AlBCaMgO3Si+8. The Bertz CT molecular complexity index is 24.0. The normalized spacial score (nSPS) is 3.38. The molecule has 0 N–H and O–H groups in total. The van der Waals surface area contributed by atoms with Crippen molar-refractivity contribution in [3.05, 3.63) is 0 Å². The first-order chi connectivity index (χ1) is 1.73. The smallest absolute Gasteiger partial charge is 0.907 e. The van der Waals surface area contributed by atoms with Gasteiger partial charge in [0.25, 0.3) is 0 Å². The third-order valence-corrected chi connectivity index (χ3v) is 0. The molecule has 0 spiro atoms. The van der Waals surface area contributed by atoms with Gasteiger partial charge in [-0.15, -0.1) is 0 Å². The average molecular weight is 178 g/mol. The van der Waals surface area contributed by atoms with E-state index in [0.717, 1.165) is 0 Å². The summed E-state index contributed by atoms with van der Waals surface area (Å²) in [4.78, 5) is 0. The van der Waals surface area contributed by atoms with Gasteiger partial charge in [-0.3, -0.25) is 7.32 Å². The largest absolute Gasteiger partial charge is 4.00 e. The summed E-state index contributed by atoms with van der Waals surface area (Å²) in [6, 6.07) is 0. The molecule has 0 aliphatic rings. The Kier molecular flexibility index (Phi) is 87.4. The topological polar surface area (TPSA) is 69.2 Å². The minimum Gasteiger partial charge on any atom is -0.907 e. The third kappa shape index (κ3) is 70.2. The van der Waals surface area contributed by atoms with Crippen molar-refractivity contribution in [2.24, 2.45) is 0 Å². The van der Waals surface area contributed by atoms with Crippen molar-refractivity contribution < 1.29 is 15.1 Å². The third-order valence-electron chi connectivity index (χ3n) is 0. The second kappa shape index (κ2) is 22.6.